The van der Waals surface area contributed by atoms with Crippen molar-refractivity contribution in [1.29, 1.82) is 0 Å². The minimum atomic E-state index is -3.61. The molecule has 0 saturated carbocycles. The van der Waals surface area contributed by atoms with Crippen LogP contribution in [0.5, 0.6) is 5.75 Å². The molecule has 1 aliphatic heterocycles. The summed E-state index contributed by atoms with van der Waals surface area (Å²) in [6, 6.07) is 4.99. The largest absolute Gasteiger partial charge is 0.496 e. The molecule has 1 heterocycles. The Morgan fingerprint density at radius 1 is 1.23 bits per heavy atom. The van der Waals surface area contributed by atoms with E-state index in [0.717, 1.165) is 5.56 Å². The van der Waals surface area contributed by atoms with Crippen molar-refractivity contribution in [3.63, 3.8) is 0 Å². The maximum absolute atomic E-state index is 13.0. The molecule has 1 fully saturated rings. The Labute approximate surface area is 156 Å². The van der Waals surface area contributed by atoms with Gasteiger partial charge in [-0.05, 0) is 43.4 Å². The summed E-state index contributed by atoms with van der Waals surface area (Å²) in [5, 5.41) is 0. The highest BCUT2D eigenvalue weighted by Crippen LogP contribution is 2.34. The molecule has 1 aromatic carbocycles. The van der Waals surface area contributed by atoms with Gasteiger partial charge in [0.05, 0.1) is 24.5 Å². The minimum absolute atomic E-state index is 0.220. The molecule has 2 rings (SSSR count). The van der Waals surface area contributed by atoms with Gasteiger partial charge in [-0.15, -0.1) is 0 Å². The highest BCUT2D eigenvalue weighted by molar-refractivity contribution is 7.89. The number of nitrogens with zero attached hydrogens (tertiary/aromatic N) is 1. The molecule has 6 nitrogen and oxygen atoms in total. The fourth-order valence-electron chi connectivity index (χ4n) is 3.17. The average molecular weight is 384 g/mol. The zero-order valence-corrected chi connectivity index (χ0v) is 17.1. The van der Waals surface area contributed by atoms with Crippen molar-refractivity contribution < 1.29 is 22.7 Å². The van der Waals surface area contributed by atoms with Crippen LogP contribution < -0.4 is 4.74 Å². The van der Waals surface area contributed by atoms with E-state index in [1.165, 1.54) is 4.31 Å². The lowest BCUT2D eigenvalue weighted by Crippen LogP contribution is -2.40. The van der Waals surface area contributed by atoms with Gasteiger partial charge in [-0.3, -0.25) is 4.79 Å². The number of esters is 1. The first-order chi connectivity index (χ1) is 12.1. The summed E-state index contributed by atoms with van der Waals surface area (Å²) in [6.07, 6.45) is 0.973. The SMILES string of the molecule is CCOC(=O)C1CCN(S(=O)(=O)c2ccc(OC)c(C(C)(C)C)c2)CC1. The smallest absolute Gasteiger partial charge is 0.309 e. The first-order valence-electron chi connectivity index (χ1n) is 8.96. The Bertz CT molecular complexity index is 744. The molecular formula is C19H29NO5S. The number of piperidine rings is 1. The van der Waals surface area contributed by atoms with E-state index in [2.05, 4.69) is 0 Å². The van der Waals surface area contributed by atoms with Gasteiger partial charge in [0.25, 0.3) is 0 Å². The molecule has 26 heavy (non-hydrogen) atoms. The first-order valence-corrected chi connectivity index (χ1v) is 10.4. The van der Waals surface area contributed by atoms with Crippen LogP contribution in [0.2, 0.25) is 0 Å². The second kappa shape index (κ2) is 7.96. The van der Waals surface area contributed by atoms with E-state index >= 15 is 0 Å². The Kier molecular flexibility index (Phi) is 6.34. The van der Waals surface area contributed by atoms with Gasteiger partial charge in [0.15, 0.2) is 0 Å². The Balaban J connectivity index is 2.22. The predicted octanol–water partition coefficient (Wildman–Crippen LogP) is 2.96. The van der Waals surface area contributed by atoms with E-state index < -0.39 is 10.0 Å². The van der Waals surface area contributed by atoms with E-state index in [1.807, 2.05) is 20.8 Å². The van der Waals surface area contributed by atoms with Gasteiger partial charge in [0.1, 0.15) is 5.75 Å². The van der Waals surface area contributed by atoms with Crippen molar-refractivity contribution in [2.75, 3.05) is 26.8 Å². The summed E-state index contributed by atoms with van der Waals surface area (Å²) in [4.78, 5) is 12.1. The fraction of sp³-hybridized carbons (Fsp3) is 0.632. The second-order valence-corrected chi connectivity index (χ2v) is 9.48. The topological polar surface area (TPSA) is 72.9 Å². The van der Waals surface area contributed by atoms with Crippen molar-refractivity contribution in [2.45, 2.75) is 50.8 Å². The number of ether oxygens (including phenoxy) is 2. The lowest BCUT2D eigenvalue weighted by molar-refractivity contribution is -0.149. The highest BCUT2D eigenvalue weighted by Gasteiger charge is 2.33. The van der Waals surface area contributed by atoms with Crippen LogP contribution in [0.25, 0.3) is 0 Å². The summed E-state index contributed by atoms with van der Waals surface area (Å²) in [5.74, 6) is 0.226. The molecule has 1 aliphatic rings. The zero-order chi connectivity index (χ0) is 19.5. The summed E-state index contributed by atoms with van der Waals surface area (Å²) in [5.41, 5.74) is 0.607. The van der Waals surface area contributed by atoms with Gasteiger partial charge >= 0.3 is 5.97 Å². The number of hydrogen-bond acceptors (Lipinski definition) is 5. The van der Waals surface area contributed by atoms with E-state index in [-0.39, 0.29) is 22.2 Å². The number of carbonyl (C=O) groups is 1. The third-order valence-corrected chi connectivity index (χ3v) is 6.59. The van der Waals surface area contributed by atoms with Crippen molar-refractivity contribution in [3.8, 4) is 5.75 Å². The highest BCUT2D eigenvalue weighted by atomic mass is 32.2. The molecule has 146 valence electrons. The van der Waals surface area contributed by atoms with E-state index in [9.17, 15) is 13.2 Å². The summed E-state index contributed by atoms with van der Waals surface area (Å²) in [7, 11) is -2.02. The predicted molar refractivity (Wildman–Crippen MR) is 99.8 cm³/mol. The van der Waals surface area contributed by atoms with Gasteiger partial charge in [0.2, 0.25) is 10.0 Å². The summed E-state index contributed by atoms with van der Waals surface area (Å²) >= 11 is 0. The molecule has 0 unspecified atom stereocenters. The quantitative estimate of drug-likeness (QED) is 0.731. The van der Waals surface area contributed by atoms with E-state index in [0.29, 0.717) is 38.3 Å². The van der Waals surface area contributed by atoms with Crippen molar-refractivity contribution in [2.24, 2.45) is 5.92 Å². The first kappa shape index (κ1) is 20.7. The summed E-state index contributed by atoms with van der Waals surface area (Å²) < 4.78 is 38.0. The molecule has 0 bridgehead atoms. The van der Waals surface area contributed by atoms with Crippen LogP contribution in [0.15, 0.2) is 23.1 Å². The molecule has 0 radical (unpaired) electrons. The number of carbonyl (C=O) groups excluding carboxylic acids is 1. The standard InChI is InChI=1S/C19H29NO5S/c1-6-25-18(21)14-9-11-20(12-10-14)26(22,23)15-7-8-17(24-5)16(13-15)19(2,3)4/h7-8,13-14H,6,9-12H2,1-5H3. The monoisotopic (exact) mass is 383 g/mol. The van der Waals surface area contributed by atoms with Crippen molar-refractivity contribution in [1.82, 2.24) is 4.31 Å². The lowest BCUT2D eigenvalue weighted by atomic mass is 9.86. The maximum Gasteiger partial charge on any atom is 0.309 e. The Morgan fingerprint density at radius 3 is 2.35 bits per heavy atom. The maximum atomic E-state index is 13.0. The van der Waals surface area contributed by atoms with Crippen LogP contribution in [0.1, 0.15) is 46.1 Å². The molecule has 7 heteroatoms. The molecule has 0 N–H and O–H groups in total. The Morgan fingerprint density at radius 2 is 1.85 bits per heavy atom. The van der Waals surface area contributed by atoms with Crippen LogP contribution in [0.4, 0.5) is 0 Å². The van der Waals surface area contributed by atoms with Gasteiger partial charge in [-0.2, -0.15) is 4.31 Å². The molecule has 1 saturated heterocycles. The third kappa shape index (κ3) is 4.38. The molecule has 0 amide bonds. The van der Waals surface area contributed by atoms with E-state index in [1.54, 1.807) is 32.2 Å². The lowest BCUT2D eigenvalue weighted by Gasteiger charge is -2.30. The van der Waals surface area contributed by atoms with Crippen LogP contribution in [-0.4, -0.2) is 45.5 Å². The van der Waals surface area contributed by atoms with Crippen LogP contribution in [0, 0.1) is 5.92 Å². The molecule has 0 atom stereocenters. The average Bonchev–Trinajstić information content (AvgIpc) is 2.60. The van der Waals surface area contributed by atoms with E-state index in [4.69, 9.17) is 9.47 Å². The molecule has 0 aliphatic carbocycles. The van der Waals surface area contributed by atoms with Crippen molar-refractivity contribution >= 4 is 16.0 Å². The van der Waals surface area contributed by atoms with Crippen LogP contribution in [-0.2, 0) is 25.0 Å². The Hall–Kier alpha value is -1.60. The van der Waals surface area contributed by atoms with Crippen molar-refractivity contribution in [3.05, 3.63) is 23.8 Å². The second-order valence-electron chi connectivity index (χ2n) is 7.54. The van der Waals surface area contributed by atoms with Gasteiger partial charge in [0, 0.05) is 18.7 Å². The van der Waals surface area contributed by atoms with Gasteiger partial charge < -0.3 is 9.47 Å². The number of benzene rings is 1. The number of sulfonamides is 1. The third-order valence-electron chi connectivity index (χ3n) is 4.69. The summed E-state index contributed by atoms with van der Waals surface area (Å²) in [6.45, 7) is 8.82. The molecule has 0 spiro atoms. The molecular weight excluding hydrogens is 354 g/mol. The van der Waals surface area contributed by atoms with Gasteiger partial charge in [-0.1, -0.05) is 20.8 Å². The number of rotatable bonds is 5. The van der Waals surface area contributed by atoms with Crippen LogP contribution >= 0.6 is 0 Å². The molecule has 0 aromatic heterocycles. The fourth-order valence-corrected chi connectivity index (χ4v) is 4.67. The number of hydrogen-bond donors (Lipinski definition) is 0. The normalized spacial score (nSPS) is 17.1. The molecule has 1 aromatic rings. The minimum Gasteiger partial charge on any atom is -0.496 e. The number of methoxy groups -OCH3 is 1. The van der Waals surface area contributed by atoms with Crippen LogP contribution in [0.3, 0.4) is 0 Å². The van der Waals surface area contributed by atoms with Gasteiger partial charge in [-0.25, -0.2) is 8.42 Å². The zero-order valence-electron chi connectivity index (χ0n) is 16.2.